The fourth-order valence-corrected chi connectivity index (χ4v) is 3.18. The largest absolute Gasteiger partial charge is 0.397 e. The predicted octanol–water partition coefficient (Wildman–Crippen LogP) is 4.13. The van der Waals surface area contributed by atoms with Gasteiger partial charge in [0.1, 0.15) is 0 Å². The average Bonchev–Trinajstić information content (AvgIpc) is 2.34. The number of nitrogens with two attached hydrogens (primary N) is 1. The smallest absolute Gasteiger partial charge is 0.0933 e. The molecule has 3 heteroatoms. The van der Waals surface area contributed by atoms with Gasteiger partial charge in [0.25, 0.3) is 0 Å². The van der Waals surface area contributed by atoms with E-state index < -0.39 is 0 Å². The zero-order valence-corrected chi connectivity index (χ0v) is 10.6. The molecule has 1 aromatic rings. The van der Waals surface area contributed by atoms with Gasteiger partial charge in [0.05, 0.1) is 9.47 Å². The van der Waals surface area contributed by atoms with E-state index in [1.54, 1.807) is 11.3 Å². The highest BCUT2D eigenvalue weighted by molar-refractivity contribution is 9.11. The van der Waals surface area contributed by atoms with Gasteiger partial charge in [-0.15, -0.1) is 11.3 Å². The van der Waals surface area contributed by atoms with E-state index in [-0.39, 0.29) is 0 Å². The van der Waals surface area contributed by atoms with E-state index in [1.165, 1.54) is 36.1 Å². The lowest BCUT2D eigenvalue weighted by Crippen LogP contribution is -1.88. The van der Waals surface area contributed by atoms with Crippen LogP contribution in [0.5, 0.6) is 0 Å². The summed E-state index contributed by atoms with van der Waals surface area (Å²) in [5, 5.41) is 0. The molecule has 0 aliphatic carbocycles. The second kappa shape index (κ2) is 5.01. The van der Waals surface area contributed by atoms with Crippen LogP contribution in [-0.2, 0) is 6.42 Å². The summed E-state index contributed by atoms with van der Waals surface area (Å²) in [5.74, 6) is 0. The Morgan fingerprint density at radius 1 is 1.38 bits per heavy atom. The monoisotopic (exact) mass is 261 g/mol. The number of unbranched alkanes of at least 4 members (excludes halogenated alkanes) is 2. The summed E-state index contributed by atoms with van der Waals surface area (Å²) in [6.45, 7) is 4.34. The van der Waals surface area contributed by atoms with Crippen LogP contribution in [0.2, 0.25) is 0 Å². The number of halogens is 1. The van der Waals surface area contributed by atoms with Crippen LogP contribution in [-0.4, -0.2) is 0 Å². The molecule has 1 aromatic heterocycles. The number of anilines is 1. The highest BCUT2D eigenvalue weighted by atomic mass is 79.9. The third kappa shape index (κ3) is 2.71. The van der Waals surface area contributed by atoms with E-state index in [1.807, 2.05) is 0 Å². The molecule has 74 valence electrons. The van der Waals surface area contributed by atoms with Crippen molar-refractivity contribution in [2.45, 2.75) is 39.5 Å². The van der Waals surface area contributed by atoms with Crippen molar-refractivity contribution >= 4 is 33.0 Å². The minimum atomic E-state index is 0.927. The highest BCUT2D eigenvalue weighted by Crippen LogP contribution is 2.35. The second-order valence-electron chi connectivity index (χ2n) is 3.29. The third-order valence-corrected chi connectivity index (χ3v) is 4.32. The van der Waals surface area contributed by atoms with Crippen LogP contribution in [0.25, 0.3) is 0 Å². The Morgan fingerprint density at radius 2 is 2.08 bits per heavy atom. The van der Waals surface area contributed by atoms with Crippen LogP contribution in [0.1, 0.15) is 36.6 Å². The molecule has 0 spiro atoms. The van der Waals surface area contributed by atoms with E-state index in [0.29, 0.717) is 0 Å². The summed E-state index contributed by atoms with van der Waals surface area (Å²) >= 11 is 5.25. The van der Waals surface area contributed by atoms with Crippen molar-refractivity contribution < 1.29 is 0 Å². The third-order valence-electron chi connectivity index (χ3n) is 2.25. The summed E-state index contributed by atoms with van der Waals surface area (Å²) in [6, 6.07) is 0. The van der Waals surface area contributed by atoms with Crippen LogP contribution in [0.4, 0.5) is 5.69 Å². The Bertz CT molecular complexity index is 281. The molecule has 1 rings (SSSR count). The van der Waals surface area contributed by atoms with Crippen molar-refractivity contribution in [2.75, 3.05) is 5.73 Å². The maximum absolute atomic E-state index is 5.87. The van der Waals surface area contributed by atoms with Gasteiger partial charge in [0, 0.05) is 4.88 Å². The molecule has 0 atom stereocenters. The van der Waals surface area contributed by atoms with Gasteiger partial charge in [-0.25, -0.2) is 0 Å². The predicted molar refractivity (Wildman–Crippen MR) is 64.4 cm³/mol. The molecule has 0 radical (unpaired) electrons. The van der Waals surface area contributed by atoms with Crippen molar-refractivity contribution in [1.82, 2.24) is 0 Å². The zero-order chi connectivity index (χ0) is 9.84. The zero-order valence-electron chi connectivity index (χ0n) is 8.19. The summed E-state index contributed by atoms with van der Waals surface area (Å²) < 4.78 is 1.09. The molecular weight excluding hydrogens is 246 g/mol. The topological polar surface area (TPSA) is 26.0 Å². The first-order valence-electron chi connectivity index (χ1n) is 4.70. The van der Waals surface area contributed by atoms with E-state index in [4.69, 9.17) is 5.73 Å². The maximum atomic E-state index is 5.87. The quantitative estimate of drug-likeness (QED) is 0.811. The summed E-state index contributed by atoms with van der Waals surface area (Å²) in [5.41, 5.74) is 8.07. The molecule has 0 saturated carbocycles. The van der Waals surface area contributed by atoms with Crippen LogP contribution < -0.4 is 5.73 Å². The van der Waals surface area contributed by atoms with E-state index in [2.05, 4.69) is 29.8 Å². The van der Waals surface area contributed by atoms with Crippen LogP contribution in [0.3, 0.4) is 0 Å². The molecule has 0 aromatic carbocycles. The molecule has 2 N–H and O–H groups in total. The van der Waals surface area contributed by atoms with E-state index >= 15 is 0 Å². The Kier molecular flexibility index (Phi) is 4.26. The van der Waals surface area contributed by atoms with Gasteiger partial charge < -0.3 is 5.73 Å². The molecule has 0 amide bonds. The molecular formula is C10H16BrNS. The minimum Gasteiger partial charge on any atom is -0.397 e. The van der Waals surface area contributed by atoms with Crippen molar-refractivity contribution in [3.05, 3.63) is 14.2 Å². The Morgan fingerprint density at radius 3 is 2.54 bits per heavy atom. The highest BCUT2D eigenvalue weighted by Gasteiger charge is 2.09. The number of thiophene rings is 1. The van der Waals surface area contributed by atoms with Crippen molar-refractivity contribution in [3.8, 4) is 0 Å². The lowest BCUT2D eigenvalue weighted by molar-refractivity contribution is 0.721. The molecule has 0 saturated heterocycles. The molecule has 0 bridgehead atoms. The Labute approximate surface area is 92.5 Å². The number of hydrogen-bond donors (Lipinski definition) is 1. The molecule has 0 unspecified atom stereocenters. The van der Waals surface area contributed by atoms with Gasteiger partial charge in [-0.05, 0) is 41.3 Å². The molecule has 13 heavy (non-hydrogen) atoms. The SMILES string of the molecule is CCCCCc1sc(Br)c(N)c1C. The van der Waals surface area contributed by atoms with Gasteiger partial charge in [0.15, 0.2) is 0 Å². The lowest BCUT2D eigenvalue weighted by atomic mass is 10.1. The molecule has 0 fully saturated rings. The van der Waals surface area contributed by atoms with Crippen molar-refractivity contribution in [2.24, 2.45) is 0 Å². The number of hydrogen-bond acceptors (Lipinski definition) is 2. The fraction of sp³-hybridized carbons (Fsp3) is 0.600. The first kappa shape index (κ1) is 11.1. The van der Waals surface area contributed by atoms with E-state index in [0.717, 1.165) is 9.47 Å². The summed E-state index contributed by atoms with van der Waals surface area (Å²) in [4.78, 5) is 1.44. The van der Waals surface area contributed by atoms with E-state index in [9.17, 15) is 0 Å². The molecule has 1 nitrogen and oxygen atoms in total. The first-order chi connectivity index (χ1) is 6.16. The number of aryl methyl sites for hydroxylation is 1. The van der Waals surface area contributed by atoms with Crippen LogP contribution in [0, 0.1) is 6.92 Å². The molecule has 1 heterocycles. The summed E-state index contributed by atoms with van der Waals surface area (Å²) in [6.07, 6.45) is 5.06. The lowest BCUT2D eigenvalue weighted by Gasteiger charge is -1.98. The van der Waals surface area contributed by atoms with Gasteiger partial charge in [-0.2, -0.15) is 0 Å². The van der Waals surface area contributed by atoms with Gasteiger partial charge in [-0.1, -0.05) is 19.8 Å². The Balaban J connectivity index is 2.61. The number of rotatable bonds is 4. The molecule has 0 aliphatic rings. The first-order valence-corrected chi connectivity index (χ1v) is 6.31. The average molecular weight is 262 g/mol. The van der Waals surface area contributed by atoms with Gasteiger partial charge in [-0.3, -0.25) is 0 Å². The fourth-order valence-electron chi connectivity index (χ4n) is 1.31. The Hall–Kier alpha value is -0.0200. The van der Waals surface area contributed by atoms with Gasteiger partial charge >= 0.3 is 0 Å². The van der Waals surface area contributed by atoms with Gasteiger partial charge in [0.2, 0.25) is 0 Å². The maximum Gasteiger partial charge on any atom is 0.0933 e. The van der Waals surface area contributed by atoms with Crippen LogP contribution >= 0.6 is 27.3 Å². The normalized spacial score (nSPS) is 10.7. The molecule has 0 aliphatic heterocycles. The van der Waals surface area contributed by atoms with Crippen molar-refractivity contribution in [3.63, 3.8) is 0 Å². The number of nitrogen functional groups attached to an aromatic ring is 1. The van der Waals surface area contributed by atoms with Crippen molar-refractivity contribution in [1.29, 1.82) is 0 Å². The standard InChI is InChI=1S/C10H16BrNS/c1-3-4-5-6-8-7(2)9(12)10(11)13-8/h3-6,12H2,1-2H3. The minimum absolute atomic E-state index is 0.927. The summed E-state index contributed by atoms with van der Waals surface area (Å²) in [7, 11) is 0. The second-order valence-corrected chi connectivity index (χ2v) is 5.72. The van der Waals surface area contributed by atoms with Crippen LogP contribution in [0.15, 0.2) is 3.79 Å².